The minimum Gasteiger partial charge on any atom is -0.495 e. The van der Waals surface area contributed by atoms with Gasteiger partial charge in [0.05, 0.1) is 29.6 Å². The Hall–Kier alpha value is -2.63. The first-order chi connectivity index (χ1) is 15.0. The number of benzene rings is 2. The highest BCUT2D eigenvalue weighted by Gasteiger charge is 2.28. The lowest BCUT2D eigenvalue weighted by Gasteiger charge is -2.24. The van der Waals surface area contributed by atoms with E-state index in [2.05, 4.69) is 5.32 Å². The van der Waals surface area contributed by atoms with Gasteiger partial charge in [-0.25, -0.2) is 16.8 Å². The standard InChI is InChI=1S/C21H27N3O6S2/c1-16-8-4-5-9-19(16)24(31(3,26)27)15-21(25)22-18-14-17(10-11-20(18)30-2)32(28,29)23-12-6-7-13-23/h4-5,8-11,14H,6-7,12-13,15H2,1-3H3,(H,22,25). The van der Waals surface area contributed by atoms with Crippen LogP contribution >= 0.6 is 0 Å². The molecule has 1 amide bonds. The first-order valence-electron chi connectivity index (χ1n) is 10.1. The number of rotatable bonds is 8. The second-order valence-corrected chi connectivity index (χ2v) is 11.4. The van der Waals surface area contributed by atoms with Crippen LogP contribution in [-0.2, 0) is 24.8 Å². The molecule has 1 saturated heterocycles. The molecular formula is C21H27N3O6S2. The van der Waals surface area contributed by atoms with Gasteiger partial charge in [0.2, 0.25) is 26.0 Å². The van der Waals surface area contributed by atoms with Crippen LogP contribution in [0.25, 0.3) is 0 Å². The summed E-state index contributed by atoms with van der Waals surface area (Å²) in [5.41, 5.74) is 1.24. The monoisotopic (exact) mass is 481 g/mol. The van der Waals surface area contributed by atoms with E-state index in [1.54, 1.807) is 31.2 Å². The molecule has 32 heavy (non-hydrogen) atoms. The number of carbonyl (C=O) groups excluding carboxylic acids is 1. The SMILES string of the molecule is COc1ccc(S(=O)(=O)N2CCCC2)cc1NC(=O)CN(c1ccccc1C)S(C)(=O)=O. The smallest absolute Gasteiger partial charge is 0.245 e. The molecule has 9 nitrogen and oxygen atoms in total. The van der Waals surface area contributed by atoms with Gasteiger partial charge >= 0.3 is 0 Å². The van der Waals surface area contributed by atoms with Gasteiger partial charge in [0, 0.05) is 13.1 Å². The Kier molecular flexibility index (Phi) is 7.11. The zero-order valence-electron chi connectivity index (χ0n) is 18.2. The Labute approximate surface area is 189 Å². The van der Waals surface area contributed by atoms with Crippen molar-refractivity contribution in [2.24, 2.45) is 0 Å². The summed E-state index contributed by atoms with van der Waals surface area (Å²) in [6, 6.07) is 11.1. The molecule has 11 heteroatoms. The fraction of sp³-hybridized carbons (Fsp3) is 0.381. The first kappa shape index (κ1) is 24.0. The lowest BCUT2D eigenvalue weighted by atomic mass is 10.2. The molecule has 2 aromatic carbocycles. The van der Waals surface area contributed by atoms with Crippen LogP contribution < -0.4 is 14.4 Å². The van der Waals surface area contributed by atoms with Crippen molar-refractivity contribution in [2.45, 2.75) is 24.7 Å². The molecule has 1 N–H and O–H groups in total. The number of nitrogens with zero attached hydrogens (tertiary/aromatic N) is 2. The van der Waals surface area contributed by atoms with Crippen molar-refractivity contribution in [3.63, 3.8) is 0 Å². The van der Waals surface area contributed by atoms with E-state index in [0.717, 1.165) is 23.4 Å². The third-order valence-corrected chi connectivity index (χ3v) is 8.24. The summed E-state index contributed by atoms with van der Waals surface area (Å²) in [4.78, 5) is 12.8. The van der Waals surface area contributed by atoms with Crippen molar-refractivity contribution >= 4 is 37.3 Å². The number of anilines is 2. The first-order valence-corrected chi connectivity index (χ1v) is 13.3. The van der Waals surface area contributed by atoms with E-state index >= 15 is 0 Å². The van der Waals surface area contributed by atoms with Crippen molar-refractivity contribution in [1.82, 2.24) is 4.31 Å². The van der Waals surface area contributed by atoms with Gasteiger partial charge < -0.3 is 10.1 Å². The highest BCUT2D eigenvalue weighted by molar-refractivity contribution is 7.92. The molecule has 0 atom stereocenters. The van der Waals surface area contributed by atoms with Gasteiger partial charge in [-0.1, -0.05) is 18.2 Å². The average molecular weight is 482 g/mol. The Morgan fingerprint density at radius 1 is 1.09 bits per heavy atom. The van der Waals surface area contributed by atoms with Gasteiger partial charge in [-0.15, -0.1) is 0 Å². The number of carbonyl (C=O) groups is 1. The number of para-hydroxylation sites is 1. The zero-order valence-corrected chi connectivity index (χ0v) is 19.9. The van der Waals surface area contributed by atoms with Crippen LogP contribution in [-0.4, -0.2) is 60.0 Å². The van der Waals surface area contributed by atoms with Gasteiger partial charge in [-0.05, 0) is 49.6 Å². The van der Waals surface area contributed by atoms with E-state index in [1.807, 2.05) is 0 Å². The number of sulfonamides is 2. The highest BCUT2D eigenvalue weighted by Crippen LogP contribution is 2.30. The fourth-order valence-corrected chi connectivity index (χ4v) is 6.03. The van der Waals surface area contributed by atoms with Crippen molar-refractivity contribution in [3.8, 4) is 5.75 Å². The molecule has 0 radical (unpaired) electrons. The van der Waals surface area contributed by atoms with Crippen LogP contribution in [0.2, 0.25) is 0 Å². The topological polar surface area (TPSA) is 113 Å². The number of aryl methyl sites for hydroxylation is 1. The summed E-state index contributed by atoms with van der Waals surface area (Å²) in [5.74, 6) is -0.367. The number of nitrogens with one attached hydrogen (secondary N) is 1. The van der Waals surface area contributed by atoms with Crippen molar-refractivity contribution in [2.75, 3.05) is 42.6 Å². The predicted molar refractivity (Wildman–Crippen MR) is 123 cm³/mol. The van der Waals surface area contributed by atoms with E-state index in [0.29, 0.717) is 24.3 Å². The van der Waals surface area contributed by atoms with Crippen LogP contribution in [0.3, 0.4) is 0 Å². The van der Waals surface area contributed by atoms with E-state index in [1.165, 1.54) is 29.6 Å². The summed E-state index contributed by atoms with van der Waals surface area (Å²) in [7, 11) is -6.05. The number of hydrogen-bond donors (Lipinski definition) is 1. The Bertz CT molecular complexity index is 1210. The third-order valence-electron chi connectivity index (χ3n) is 5.22. The molecule has 0 aliphatic carbocycles. The van der Waals surface area contributed by atoms with Gasteiger partial charge in [0.1, 0.15) is 12.3 Å². The minimum atomic E-state index is -3.75. The summed E-state index contributed by atoms with van der Waals surface area (Å²) in [5, 5.41) is 2.60. The maximum absolute atomic E-state index is 12.9. The molecule has 0 saturated carbocycles. The molecule has 0 aromatic heterocycles. The number of hydrogen-bond acceptors (Lipinski definition) is 6. The molecule has 2 aromatic rings. The van der Waals surface area contributed by atoms with Gasteiger partial charge in [0.15, 0.2) is 0 Å². The molecule has 1 aliphatic heterocycles. The molecule has 174 valence electrons. The minimum absolute atomic E-state index is 0.0365. The van der Waals surface area contributed by atoms with Crippen LogP contribution in [0.5, 0.6) is 5.75 Å². The van der Waals surface area contributed by atoms with E-state index < -0.39 is 32.5 Å². The molecule has 1 fully saturated rings. The van der Waals surface area contributed by atoms with Crippen LogP contribution in [0.15, 0.2) is 47.4 Å². The van der Waals surface area contributed by atoms with Crippen molar-refractivity contribution in [3.05, 3.63) is 48.0 Å². The largest absolute Gasteiger partial charge is 0.495 e. The third kappa shape index (κ3) is 5.22. The summed E-state index contributed by atoms with van der Waals surface area (Å²) in [6.45, 7) is 2.18. The Morgan fingerprint density at radius 2 is 1.75 bits per heavy atom. The summed E-state index contributed by atoms with van der Waals surface area (Å²) >= 11 is 0. The van der Waals surface area contributed by atoms with Gasteiger partial charge in [-0.2, -0.15) is 4.31 Å². The summed E-state index contributed by atoms with van der Waals surface area (Å²) < 4.78 is 58.2. The van der Waals surface area contributed by atoms with Crippen LogP contribution in [0.1, 0.15) is 18.4 Å². The molecule has 0 unspecified atom stereocenters. The normalized spacial score (nSPS) is 14.8. The lowest BCUT2D eigenvalue weighted by Crippen LogP contribution is -2.38. The molecule has 0 spiro atoms. The van der Waals surface area contributed by atoms with Crippen LogP contribution in [0, 0.1) is 6.92 Å². The number of ether oxygens (including phenoxy) is 1. The van der Waals surface area contributed by atoms with E-state index in [4.69, 9.17) is 4.74 Å². The molecule has 0 bridgehead atoms. The van der Waals surface area contributed by atoms with Crippen LogP contribution in [0.4, 0.5) is 11.4 Å². The maximum atomic E-state index is 12.9. The Morgan fingerprint density at radius 3 is 2.34 bits per heavy atom. The van der Waals surface area contributed by atoms with Gasteiger partial charge in [-0.3, -0.25) is 9.10 Å². The summed E-state index contributed by atoms with van der Waals surface area (Å²) in [6.07, 6.45) is 2.63. The highest BCUT2D eigenvalue weighted by atomic mass is 32.2. The number of amides is 1. The van der Waals surface area contributed by atoms with E-state index in [-0.39, 0.29) is 16.3 Å². The number of methoxy groups -OCH3 is 1. The second kappa shape index (κ2) is 9.47. The van der Waals surface area contributed by atoms with E-state index in [9.17, 15) is 21.6 Å². The average Bonchev–Trinajstić information content (AvgIpc) is 3.28. The quantitative estimate of drug-likeness (QED) is 0.618. The Balaban J connectivity index is 1.88. The van der Waals surface area contributed by atoms with Crippen molar-refractivity contribution < 1.29 is 26.4 Å². The maximum Gasteiger partial charge on any atom is 0.245 e. The molecule has 1 aliphatic rings. The van der Waals surface area contributed by atoms with Crippen molar-refractivity contribution in [1.29, 1.82) is 0 Å². The zero-order chi connectivity index (χ0) is 23.5. The molecular weight excluding hydrogens is 454 g/mol. The van der Waals surface area contributed by atoms with Gasteiger partial charge in [0.25, 0.3) is 0 Å². The lowest BCUT2D eigenvalue weighted by molar-refractivity contribution is -0.114. The molecule has 3 rings (SSSR count). The molecule has 1 heterocycles. The fourth-order valence-electron chi connectivity index (χ4n) is 3.57. The predicted octanol–water partition coefficient (Wildman–Crippen LogP) is 2.19. The second-order valence-electron chi connectivity index (χ2n) is 7.58.